The Morgan fingerprint density at radius 3 is 3.07 bits per heavy atom. The molecule has 1 aromatic carbocycles. The molecule has 1 heterocycles. The van der Waals surface area contributed by atoms with Gasteiger partial charge in [0.2, 0.25) is 0 Å². The van der Waals surface area contributed by atoms with E-state index in [4.69, 9.17) is 10.6 Å². The molecule has 14 heavy (non-hydrogen) atoms. The van der Waals surface area contributed by atoms with Crippen LogP contribution in [0.1, 0.15) is 12.0 Å². The van der Waals surface area contributed by atoms with E-state index in [0.29, 0.717) is 0 Å². The van der Waals surface area contributed by atoms with Gasteiger partial charge >= 0.3 is 0 Å². The van der Waals surface area contributed by atoms with Crippen molar-refractivity contribution in [3.63, 3.8) is 0 Å². The molecule has 74 valence electrons. The van der Waals surface area contributed by atoms with Crippen molar-refractivity contribution in [3.8, 4) is 0 Å². The van der Waals surface area contributed by atoms with E-state index in [-0.39, 0.29) is 6.10 Å². The second kappa shape index (κ2) is 4.00. The van der Waals surface area contributed by atoms with Crippen LogP contribution in [0.4, 0.5) is 5.69 Å². The van der Waals surface area contributed by atoms with E-state index in [0.717, 1.165) is 28.7 Å². The van der Waals surface area contributed by atoms with Crippen LogP contribution in [0.15, 0.2) is 29.4 Å². The molecule has 0 aromatic heterocycles. The van der Waals surface area contributed by atoms with Crippen molar-refractivity contribution in [2.45, 2.75) is 12.5 Å². The molecule has 4 heteroatoms. The number of rotatable bonds is 2. The zero-order valence-corrected chi connectivity index (χ0v) is 9.20. The molecular weight excluding hydrogens is 244 g/mol. The Bertz CT molecular complexity index is 365. The molecule has 3 nitrogen and oxygen atoms in total. The Hall–Kier alpha value is -1.03. The van der Waals surface area contributed by atoms with E-state index >= 15 is 0 Å². The van der Waals surface area contributed by atoms with Crippen molar-refractivity contribution in [1.82, 2.24) is 0 Å². The fraction of sp³-hybridized carbons (Fsp3) is 0.300. The number of anilines is 1. The van der Waals surface area contributed by atoms with Crippen LogP contribution in [-0.4, -0.2) is 17.1 Å². The quantitative estimate of drug-likeness (QED) is 0.650. The molecule has 0 aliphatic carbocycles. The monoisotopic (exact) mass is 254 g/mol. The largest absolute Gasteiger partial charge is 0.399 e. The third kappa shape index (κ3) is 1.90. The minimum atomic E-state index is 0.159. The molecule has 1 aliphatic rings. The van der Waals surface area contributed by atoms with E-state index < -0.39 is 0 Å². The molecule has 0 radical (unpaired) electrons. The summed E-state index contributed by atoms with van der Waals surface area (Å²) < 4.78 is 0. The Morgan fingerprint density at radius 2 is 2.43 bits per heavy atom. The zero-order valence-electron chi connectivity index (χ0n) is 7.61. The van der Waals surface area contributed by atoms with E-state index in [9.17, 15) is 0 Å². The topological polar surface area (TPSA) is 47.6 Å². The van der Waals surface area contributed by atoms with Crippen molar-refractivity contribution in [3.05, 3.63) is 29.8 Å². The number of alkyl halides is 1. The van der Waals surface area contributed by atoms with Gasteiger partial charge in [0, 0.05) is 23.0 Å². The van der Waals surface area contributed by atoms with Gasteiger partial charge in [-0.1, -0.05) is 33.2 Å². The van der Waals surface area contributed by atoms with Gasteiger partial charge < -0.3 is 10.6 Å². The van der Waals surface area contributed by atoms with Gasteiger partial charge in [0.15, 0.2) is 0 Å². The summed E-state index contributed by atoms with van der Waals surface area (Å²) in [5.74, 6) is 0. The Labute approximate surface area is 91.1 Å². The van der Waals surface area contributed by atoms with Crippen LogP contribution in [0.5, 0.6) is 0 Å². The number of nitrogens with two attached hydrogens (primary N) is 1. The number of halogens is 1. The van der Waals surface area contributed by atoms with Crippen molar-refractivity contribution in [1.29, 1.82) is 0 Å². The van der Waals surface area contributed by atoms with Gasteiger partial charge in [0.1, 0.15) is 6.10 Å². The maximum absolute atomic E-state index is 5.69. The molecule has 0 amide bonds. The Morgan fingerprint density at radius 1 is 1.57 bits per heavy atom. The standard InChI is InChI=1S/C10H11BrN2O/c11-6-9-5-10(13-14-9)7-2-1-3-8(12)4-7/h1-4,9H,5-6,12H2. The Balaban J connectivity index is 2.17. The number of oxime groups is 1. The van der Waals surface area contributed by atoms with Crippen LogP contribution in [0.2, 0.25) is 0 Å². The minimum absolute atomic E-state index is 0.159. The van der Waals surface area contributed by atoms with E-state index in [1.165, 1.54) is 0 Å². The molecule has 2 rings (SSSR count). The van der Waals surface area contributed by atoms with Gasteiger partial charge in [-0.15, -0.1) is 0 Å². The molecule has 0 spiro atoms. The molecule has 0 saturated heterocycles. The summed E-state index contributed by atoms with van der Waals surface area (Å²) in [6, 6.07) is 7.70. The number of benzene rings is 1. The molecule has 1 unspecified atom stereocenters. The summed E-state index contributed by atoms with van der Waals surface area (Å²) in [6.45, 7) is 0. The first-order chi connectivity index (χ1) is 6.79. The number of hydrogen-bond donors (Lipinski definition) is 1. The molecule has 1 aliphatic heterocycles. The summed E-state index contributed by atoms with van der Waals surface area (Å²) in [5, 5.41) is 4.84. The lowest BCUT2D eigenvalue weighted by Gasteiger charge is -2.01. The second-order valence-corrected chi connectivity index (χ2v) is 3.90. The van der Waals surface area contributed by atoms with Gasteiger partial charge in [0.25, 0.3) is 0 Å². The van der Waals surface area contributed by atoms with Crippen LogP contribution in [-0.2, 0) is 4.84 Å². The third-order valence-electron chi connectivity index (χ3n) is 2.12. The summed E-state index contributed by atoms with van der Waals surface area (Å²) in [7, 11) is 0. The molecule has 0 fully saturated rings. The lowest BCUT2D eigenvalue weighted by molar-refractivity contribution is 0.104. The molecular formula is C10H11BrN2O. The highest BCUT2D eigenvalue weighted by molar-refractivity contribution is 9.09. The maximum Gasteiger partial charge on any atom is 0.142 e. The van der Waals surface area contributed by atoms with Crippen molar-refractivity contribution in [2.75, 3.05) is 11.1 Å². The summed E-state index contributed by atoms with van der Waals surface area (Å²) in [6.07, 6.45) is 1.00. The molecule has 1 atom stereocenters. The Kier molecular flexibility index (Phi) is 2.72. The minimum Gasteiger partial charge on any atom is -0.399 e. The van der Waals surface area contributed by atoms with Gasteiger partial charge in [-0.2, -0.15) is 0 Å². The number of hydrogen-bond acceptors (Lipinski definition) is 3. The highest BCUT2D eigenvalue weighted by atomic mass is 79.9. The second-order valence-electron chi connectivity index (χ2n) is 3.25. The highest BCUT2D eigenvalue weighted by Crippen LogP contribution is 2.19. The van der Waals surface area contributed by atoms with Crippen LogP contribution in [0.25, 0.3) is 0 Å². The summed E-state index contributed by atoms with van der Waals surface area (Å²) >= 11 is 3.37. The first-order valence-electron chi connectivity index (χ1n) is 4.44. The molecule has 2 N–H and O–H groups in total. The van der Waals surface area contributed by atoms with Gasteiger partial charge in [-0.3, -0.25) is 0 Å². The normalized spacial score (nSPS) is 20.4. The first kappa shape index (κ1) is 9.52. The van der Waals surface area contributed by atoms with Crippen LogP contribution >= 0.6 is 15.9 Å². The SMILES string of the molecule is Nc1cccc(C2=NOC(CBr)C2)c1. The molecule has 0 bridgehead atoms. The molecule has 0 saturated carbocycles. The van der Waals surface area contributed by atoms with Gasteiger partial charge in [0.05, 0.1) is 5.71 Å². The van der Waals surface area contributed by atoms with Crippen LogP contribution in [0.3, 0.4) is 0 Å². The fourth-order valence-corrected chi connectivity index (χ4v) is 1.75. The zero-order chi connectivity index (χ0) is 9.97. The average Bonchev–Trinajstić information content (AvgIpc) is 2.66. The van der Waals surface area contributed by atoms with E-state index in [1.807, 2.05) is 24.3 Å². The van der Waals surface area contributed by atoms with E-state index in [1.54, 1.807) is 0 Å². The summed E-state index contributed by atoms with van der Waals surface area (Å²) in [5.41, 5.74) is 8.47. The van der Waals surface area contributed by atoms with E-state index in [2.05, 4.69) is 21.1 Å². The molecule has 1 aromatic rings. The lowest BCUT2D eigenvalue weighted by Crippen LogP contribution is -2.09. The third-order valence-corrected chi connectivity index (χ3v) is 2.85. The van der Waals surface area contributed by atoms with Crippen molar-refractivity contribution >= 4 is 27.3 Å². The maximum atomic E-state index is 5.69. The van der Waals surface area contributed by atoms with Crippen molar-refractivity contribution < 1.29 is 4.84 Å². The smallest absolute Gasteiger partial charge is 0.142 e. The van der Waals surface area contributed by atoms with Gasteiger partial charge in [-0.25, -0.2) is 0 Å². The van der Waals surface area contributed by atoms with Gasteiger partial charge in [-0.05, 0) is 12.1 Å². The average molecular weight is 255 g/mol. The van der Waals surface area contributed by atoms with Crippen molar-refractivity contribution in [2.24, 2.45) is 5.16 Å². The predicted octanol–water partition coefficient (Wildman–Crippen LogP) is 2.16. The lowest BCUT2D eigenvalue weighted by atomic mass is 10.1. The predicted molar refractivity (Wildman–Crippen MR) is 60.7 cm³/mol. The fourth-order valence-electron chi connectivity index (χ4n) is 1.40. The summed E-state index contributed by atoms with van der Waals surface area (Å²) in [4.78, 5) is 5.21. The number of nitrogens with zero attached hydrogens (tertiary/aromatic N) is 1. The van der Waals surface area contributed by atoms with Crippen LogP contribution in [0, 0.1) is 0 Å². The number of nitrogen functional groups attached to an aromatic ring is 1. The van der Waals surface area contributed by atoms with Crippen LogP contribution < -0.4 is 5.73 Å². The highest BCUT2D eigenvalue weighted by Gasteiger charge is 2.20. The first-order valence-corrected chi connectivity index (χ1v) is 5.56.